The number of methoxy groups -OCH3 is 3. The Kier molecular flexibility index (Phi) is 15.4. The van der Waals surface area contributed by atoms with Crippen molar-refractivity contribution >= 4 is 48.9 Å². The van der Waals surface area contributed by atoms with Crippen LogP contribution in [0.4, 0.5) is 20.2 Å². The third-order valence-electron chi connectivity index (χ3n) is 9.28. The summed E-state index contributed by atoms with van der Waals surface area (Å²) in [5, 5.41) is 2.58. The van der Waals surface area contributed by atoms with E-state index < -0.39 is 31.6 Å². The average molecular weight is 778 g/mol. The van der Waals surface area contributed by atoms with Crippen LogP contribution in [0.3, 0.4) is 0 Å². The molecule has 17 heteroatoms. The predicted octanol–water partition coefficient (Wildman–Crippen LogP) is 5.79. The third kappa shape index (κ3) is 10.6. The van der Waals surface area contributed by atoms with Crippen molar-refractivity contribution in [2.75, 3.05) is 73.5 Å². The van der Waals surface area contributed by atoms with Gasteiger partial charge in [-0.3, -0.25) is 29.0 Å². The molecule has 296 valence electrons. The second kappa shape index (κ2) is 19.7. The van der Waals surface area contributed by atoms with Crippen molar-refractivity contribution < 1.29 is 51.4 Å². The molecule has 0 saturated carbocycles. The molecule has 1 fully saturated rings. The molecule has 4 rings (SSSR count). The molecule has 0 aromatic heterocycles. The van der Waals surface area contributed by atoms with E-state index in [4.69, 9.17) is 23.7 Å². The monoisotopic (exact) mass is 777 g/mol. The van der Waals surface area contributed by atoms with Crippen LogP contribution < -0.4 is 24.3 Å². The molecular weight excluding hydrogens is 727 g/mol. The quantitative estimate of drug-likeness (QED) is 0.0991. The SMILES string of the molecule is CC=Nc1cc(OCCP(=O)(CCOc2cc3c(cc2OC)C(=O)N2C[C@H](F)C[C@H]2C=N3)N(C)CCCC(=O)OC)c(OC)cc1C(=O)NC[C@H](F)CC. The van der Waals surface area contributed by atoms with Gasteiger partial charge in [0.25, 0.3) is 11.8 Å². The lowest BCUT2D eigenvalue weighted by atomic mass is 10.1. The summed E-state index contributed by atoms with van der Waals surface area (Å²) in [6.45, 7) is 3.51. The highest BCUT2D eigenvalue weighted by Gasteiger charge is 2.38. The Morgan fingerprint density at radius 2 is 1.76 bits per heavy atom. The molecule has 14 nitrogen and oxygen atoms in total. The number of amides is 2. The number of carbonyl (C=O) groups excluding carboxylic acids is 3. The number of alkyl halides is 2. The second-order valence-electron chi connectivity index (χ2n) is 12.8. The van der Waals surface area contributed by atoms with Gasteiger partial charge in [0, 0.05) is 62.8 Å². The van der Waals surface area contributed by atoms with Gasteiger partial charge in [-0.25, -0.2) is 8.78 Å². The van der Waals surface area contributed by atoms with Crippen molar-refractivity contribution in [3.63, 3.8) is 0 Å². The van der Waals surface area contributed by atoms with Crippen LogP contribution in [0.15, 0.2) is 34.3 Å². The number of benzene rings is 2. The van der Waals surface area contributed by atoms with Gasteiger partial charge in [0.15, 0.2) is 30.3 Å². The fourth-order valence-electron chi connectivity index (χ4n) is 6.09. The predicted molar refractivity (Wildman–Crippen MR) is 202 cm³/mol. The van der Waals surface area contributed by atoms with E-state index in [2.05, 4.69) is 15.3 Å². The fourth-order valence-corrected chi connectivity index (χ4v) is 8.25. The highest BCUT2D eigenvalue weighted by atomic mass is 31.2. The molecule has 54 heavy (non-hydrogen) atoms. The zero-order valence-corrected chi connectivity index (χ0v) is 32.5. The summed E-state index contributed by atoms with van der Waals surface area (Å²) >= 11 is 0. The van der Waals surface area contributed by atoms with Gasteiger partial charge in [0.1, 0.15) is 12.3 Å². The number of hydrogen-bond acceptors (Lipinski definition) is 11. The van der Waals surface area contributed by atoms with Crippen LogP contribution >= 0.6 is 7.29 Å². The van der Waals surface area contributed by atoms with E-state index in [9.17, 15) is 27.7 Å². The molecule has 0 radical (unpaired) electrons. The summed E-state index contributed by atoms with van der Waals surface area (Å²) < 4.78 is 72.3. The van der Waals surface area contributed by atoms with Crippen molar-refractivity contribution in [1.82, 2.24) is 14.9 Å². The van der Waals surface area contributed by atoms with E-state index in [0.29, 0.717) is 18.7 Å². The smallest absolute Gasteiger partial charge is 0.305 e. The molecule has 1 unspecified atom stereocenters. The lowest BCUT2D eigenvalue weighted by Gasteiger charge is -2.29. The van der Waals surface area contributed by atoms with Gasteiger partial charge < -0.3 is 38.5 Å². The van der Waals surface area contributed by atoms with Gasteiger partial charge in [-0.15, -0.1) is 0 Å². The zero-order valence-electron chi connectivity index (χ0n) is 31.6. The van der Waals surface area contributed by atoms with Crippen LogP contribution in [0.25, 0.3) is 0 Å². The minimum atomic E-state index is -3.24. The van der Waals surface area contributed by atoms with Gasteiger partial charge in [-0.2, -0.15) is 0 Å². The molecule has 1 N–H and O–H groups in total. The van der Waals surface area contributed by atoms with Crippen molar-refractivity contribution in [3.8, 4) is 23.0 Å². The van der Waals surface area contributed by atoms with Gasteiger partial charge in [0.2, 0.25) is 0 Å². The number of carbonyl (C=O) groups is 3. The molecule has 2 aromatic rings. The number of esters is 1. The summed E-state index contributed by atoms with van der Waals surface area (Å²) in [7, 11) is 2.63. The van der Waals surface area contributed by atoms with Crippen molar-refractivity contribution in [2.24, 2.45) is 9.98 Å². The molecule has 2 aliphatic heterocycles. The first-order valence-electron chi connectivity index (χ1n) is 17.8. The zero-order chi connectivity index (χ0) is 39.4. The largest absolute Gasteiger partial charge is 0.493 e. The molecule has 0 aliphatic carbocycles. The number of ether oxygens (including phenoxy) is 5. The number of rotatable bonds is 20. The molecular formula is C37H50F2N5O9P. The van der Waals surface area contributed by atoms with E-state index in [1.165, 1.54) is 50.6 Å². The Labute approximate surface area is 314 Å². The average Bonchev–Trinajstić information content (AvgIpc) is 3.50. The van der Waals surface area contributed by atoms with Crippen LogP contribution in [0.2, 0.25) is 0 Å². The topological polar surface area (TPSA) is 158 Å². The van der Waals surface area contributed by atoms with Gasteiger partial charge in [-0.1, -0.05) is 6.92 Å². The summed E-state index contributed by atoms with van der Waals surface area (Å²) in [5.41, 5.74) is 1.07. The van der Waals surface area contributed by atoms with Gasteiger partial charge in [0.05, 0.1) is 69.6 Å². The Morgan fingerprint density at radius 1 is 1.09 bits per heavy atom. The van der Waals surface area contributed by atoms with E-state index >= 15 is 0 Å². The van der Waals surface area contributed by atoms with Gasteiger partial charge >= 0.3 is 5.97 Å². The minimum Gasteiger partial charge on any atom is -0.493 e. The highest BCUT2D eigenvalue weighted by Crippen LogP contribution is 2.49. The summed E-state index contributed by atoms with van der Waals surface area (Å²) in [4.78, 5) is 48.2. The number of hydrogen-bond donors (Lipinski definition) is 1. The Hall–Kier alpha value is -4.56. The number of fused-ring (bicyclic) bond motifs is 2. The van der Waals surface area contributed by atoms with E-state index in [1.54, 1.807) is 37.8 Å². The van der Waals surface area contributed by atoms with Crippen LogP contribution in [-0.2, 0) is 14.1 Å². The molecule has 1 saturated heterocycles. The first kappa shape index (κ1) is 42.2. The maximum absolute atomic E-state index is 14.6. The molecule has 0 spiro atoms. The Morgan fingerprint density at radius 3 is 2.39 bits per heavy atom. The molecule has 2 heterocycles. The number of aliphatic imine (C=N–C) groups is 2. The lowest BCUT2D eigenvalue weighted by molar-refractivity contribution is -0.140. The maximum atomic E-state index is 14.6. The van der Waals surface area contributed by atoms with Crippen LogP contribution in [-0.4, -0.2) is 132 Å². The first-order valence-corrected chi connectivity index (χ1v) is 19.9. The summed E-state index contributed by atoms with van der Waals surface area (Å²) in [5.74, 6) is -0.201. The molecule has 4 atom stereocenters. The Bertz CT molecular complexity index is 1760. The standard InChI is InChI=1S/C37H50F2N5O9P/c1-7-24(38)21-42-36(46)27-17-31(49-4)33(19-29(27)40-8-2)52-12-14-54(48,43(3)11-9-10-35(45)51-6)15-13-53-34-20-30-28(18-32(34)50-5)37(47)44-23-25(39)16-26(44)22-41-30/h8,17-20,22,24-26H,7,9-16,21,23H2,1-6H3,(H,42,46)/t24-,25-,26+,54?/m1/s1. The highest BCUT2D eigenvalue weighted by molar-refractivity contribution is 7.61. The van der Waals surface area contributed by atoms with Crippen LogP contribution in [0.5, 0.6) is 23.0 Å². The number of halogens is 2. The molecule has 2 aromatic carbocycles. The van der Waals surface area contributed by atoms with E-state index in [0.717, 1.165) is 0 Å². The van der Waals surface area contributed by atoms with Crippen LogP contribution in [0, 0.1) is 0 Å². The second-order valence-corrected chi connectivity index (χ2v) is 16.1. The van der Waals surface area contributed by atoms with E-state index in [-0.39, 0.29) is 110 Å². The number of nitrogens with zero attached hydrogens (tertiary/aromatic N) is 4. The third-order valence-corrected chi connectivity index (χ3v) is 12.5. The fraction of sp³-hybridized carbons (Fsp3) is 0.541. The summed E-state index contributed by atoms with van der Waals surface area (Å²) in [6.07, 6.45) is 1.91. The van der Waals surface area contributed by atoms with Crippen LogP contribution in [0.1, 0.15) is 60.2 Å². The first-order chi connectivity index (χ1) is 25.9. The molecule has 2 aliphatic rings. The molecule has 2 amide bonds. The lowest BCUT2D eigenvalue weighted by Crippen LogP contribution is -2.35. The molecule has 0 bridgehead atoms. The van der Waals surface area contributed by atoms with Crippen molar-refractivity contribution in [1.29, 1.82) is 0 Å². The van der Waals surface area contributed by atoms with Gasteiger partial charge in [-0.05, 0) is 38.9 Å². The normalized spacial score (nSPS) is 18.1. The minimum absolute atomic E-state index is 0.00809. The maximum Gasteiger partial charge on any atom is 0.305 e. The van der Waals surface area contributed by atoms with Crippen molar-refractivity contribution in [3.05, 3.63) is 35.4 Å². The summed E-state index contributed by atoms with van der Waals surface area (Å²) in [6, 6.07) is 5.66. The van der Waals surface area contributed by atoms with Crippen molar-refractivity contribution in [2.45, 2.75) is 57.9 Å². The number of nitrogens with one attached hydrogen (secondary N) is 1. The van der Waals surface area contributed by atoms with E-state index in [1.807, 2.05) is 0 Å². The Balaban J connectivity index is 1.51.